The van der Waals surface area contributed by atoms with Crippen LogP contribution in [0.3, 0.4) is 0 Å². The van der Waals surface area contributed by atoms with Crippen molar-refractivity contribution in [3.05, 3.63) is 77.7 Å². The van der Waals surface area contributed by atoms with Gasteiger partial charge >= 0.3 is 0 Å². The maximum atomic E-state index is 13.2. The van der Waals surface area contributed by atoms with Crippen molar-refractivity contribution in [1.82, 2.24) is 9.97 Å². The first-order valence-corrected chi connectivity index (χ1v) is 9.68. The molecule has 5 heteroatoms. The van der Waals surface area contributed by atoms with E-state index in [9.17, 15) is 4.79 Å². The molecule has 28 heavy (non-hydrogen) atoms. The van der Waals surface area contributed by atoms with Crippen molar-refractivity contribution >= 4 is 23.1 Å². The highest BCUT2D eigenvalue weighted by Crippen LogP contribution is 2.37. The highest BCUT2D eigenvalue weighted by atomic mass is 16.2. The molecule has 0 saturated heterocycles. The van der Waals surface area contributed by atoms with Crippen molar-refractivity contribution in [2.45, 2.75) is 33.2 Å². The third kappa shape index (κ3) is 3.24. The van der Waals surface area contributed by atoms with Gasteiger partial charge in [-0.15, -0.1) is 0 Å². The smallest absolute Gasteiger partial charge is 0.277 e. The average molecular weight is 372 g/mol. The van der Waals surface area contributed by atoms with E-state index in [0.717, 1.165) is 23.6 Å². The summed E-state index contributed by atoms with van der Waals surface area (Å²) in [5, 5.41) is 0. The largest absolute Gasteiger partial charge is 0.323 e. The molecule has 1 aromatic heterocycles. The first-order chi connectivity index (χ1) is 13.6. The van der Waals surface area contributed by atoms with E-state index in [1.807, 2.05) is 56.3 Å². The predicted octanol–water partition coefficient (Wildman–Crippen LogP) is 4.53. The first kappa shape index (κ1) is 18.2. The van der Waals surface area contributed by atoms with Gasteiger partial charge in [0.25, 0.3) is 5.91 Å². The van der Waals surface area contributed by atoms with Crippen LogP contribution in [0, 0.1) is 6.92 Å². The summed E-state index contributed by atoms with van der Waals surface area (Å²) >= 11 is 0. The zero-order valence-electron chi connectivity index (χ0n) is 16.5. The van der Waals surface area contributed by atoms with Gasteiger partial charge in [0.05, 0.1) is 0 Å². The van der Waals surface area contributed by atoms with Gasteiger partial charge in [0.15, 0.2) is 0 Å². The number of carbonyl (C=O) groups is 1. The van der Waals surface area contributed by atoms with Crippen LogP contribution in [0.5, 0.6) is 0 Å². The molecule has 0 radical (unpaired) electrons. The van der Waals surface area contributed by atoms with E-state index in [2.05, 4.69) is 40.0 Å². The highest BCUT2D eigenvalue weighted by Gasteiger charge is 2.29. The van der Waals surface area contributed by atoms with Gasteiger partial charge in [0, 0.05) is 30.0 Å². The van der Waals surface area contributed by atoms with E-state index in [-0.39, 0.29) is 11.9 Å². The standard InChI is InChI=1S/C23H24N4O/c1-4-26(19-11-6-5-7-12-19)23(28)20-15-22(25-17(3)24-20)27-16(2)14-18-10-8-9-13-21(18)27/h5-13,15-16H,4,14H2,1-3H3. The summed E-state index contributed by atoms with van der Waals surface area (Å²) < 4.78 is 0. The van der Waals surface area contributed by atoms with Gasteiger partial charge in [-0.05, 0) is 51.0 Å². The molecule has 0 fully saturated rings. The molecule has 1 aliphatic rings. The number of para-hydroxylation sites is 2. The lowest BCUT2D eigenvalue weighted by atomic mass is 10.1. The Morgan fingerprint density at radius 2 is 1.82 bits per heavy atom. The quantitative estimate of drug-likeness (QED) is 0.675. The lowest BCUT2D eigenvalue weighted by molar-refractivity contribution is 0.0983. The third-order valence-corrected chi connectivity index (χ3v) is 5.13. The Morgan fingerprint density at radius 3 is 2.57 bits per heavy atom. The Hall–Kier alpha value is -3.21. The van der Waals surface area contributed by atoms with Gasteiger partial charge in [-0.3, -0.25) is 4.79 Å². The number of nitrogens with zero attached hydrogens (tertiary/aromatic N) is 4. The topological polar surface area (TPSA) is 49.3 Å². The van der Waals surface area contributed by atoms with Crippen molar-refractivity contribution < 1.29 is 4.79 Å². The Morgan fingerprint density at radius 1 is 1.11 bits per heavy atom. The molecule has 5 nitrogen and oxygen atoms in total. The summed E-state index contributed by atoms with van der Waals surface area (Å²) in [5.74, 6) is 1.26. The lowest BCUT2D eigenvalue weighted by Crippen LogP contribution is -2.32. The molecule has 0 bridgehead atoms. The third-order valence-electron chi connectivity index (χ3n) is 5.13. The van der Waals surface area contributed by atoms with Crippen LogP contribution in [-0.4, -0.2) is 28.5 Å². The number of anilines is 3. The van der Waals surface area contributed by atoms with Crippen LogP contribution in [0.15, 0.2) is 60.7 Å². The number of hydrogen-bond acceptors (Lipinski definition) is 4. The minimum absolute atomic E-state index is 0.111. The Kier molecular flexibility index (Phi) is 4.82. The molecule has 4 rings (SSSR count). The number of hydrogen-bond donors (Lipinski definition) is 0. The van der Waals surface area contributed by atoms with Gasteiger partial charge in [0.1, 0.15) is 17.3 Å². The number of carbonyl (C=O) groups excluding carboxylic acids is 1. The van der Waals surface area contributed by atoms with Crippen molar-refractivity contribution in [1.29, 1.82) is 0 Å². The molecule has 1 aliphatic heterocycles. The number of benzene rings is 2. The summed E-state index contributed by atoms with van der Waals surface area (Å²) in [6, 6.07) is 20.2. The molecule has 0 aliphatic carbocycles. The fourth-order valence-corrected chi connectivity index (χ4v) is 3.89. The van der Waals surface area contributed by atoms with Gasteiger partial charge in [0.2, 0.25) is 0 Å². The summed E-state index contributed by atoms with van der Waals surface area (Å²) in [6.07, 6.45) is 0.966. The monoisotopic (exact) mass is 372 g/mol. The fraction of sp³-hybridized carbons (Fsp3) is 0.261. The Labute approximate surface area is 165 Å². The van der Waals surface area contributed by atoms with Crippen molar-refractivity contribution in [3.8, 4) is 0 Å². The second-order valence-electron chi connectivity index (χ2n) is 7.10. The maximum Gasteiger partial charge on any atom is 0.277 e. The van der Waals surface area contributed by atoms with E-state index in [4.69, 9.17) is 0 Å². The van der Waals surface area contributed by atoms with Gasteiger partial charge in [-0.1, -0.05) is 36.4 Å². The summed E-state index contributed by atoms with van der Waals surface area (Å²) in [7, 11) is 0. The molecule has 2 heterocycles. The van der Waals surface area contributed by atoms with Crippen molar-refractivity contribution in [3.63, 3.8) is 0 Å². The lowest BCUT2D eigenvalue weighted by Gasteiger charge is -2.25. The minimum atomic E-state index is -0.111. The Balaban J connectivity index is 1.73. The number of rotatable bonds is 4. The van der Waals surface area contributed by atoms with Crippen LogP contribution >= 0.6 is 0 Å². The molecule has 3 aromatic rings. The van der Waals surface area contributed by atoms with Gasteiger partial charge in [-0.2, -0.15) is 0 Å². The number of aryl methyl sites for hydroxylation is 1. The van der Waals surface area contributed by atoms with Gasteiger partial charge < -0.3 is 9.80 Å². The second-order valence-corrected chi connectivity index (χ2v) is 7.10. The van der Waals surface area contributed by atoms with Gasteiger partial charge in [-0.25, -0.2) is 9.97 Å². The molecule has 2 aromatic carbocycles. The zero-order valence-corrected chi connectivity index (χ0v) is 16.5. The second kappa shape index (κ2) is 7.43. The van der Waals surface area contributed by atoms with Crippen LogP contribution in [-0.2, 0) is 6.42 Å². The number of fused-ring (bicyclic) bond motifs is 1. The Bertz CT molecular complexity index is 1000. The van der Waals surface area contributed by atoms with Crippen LogP contribution in [0.4, 0.5) is 17.2 Å². The molecular weight excluding hydrogens is 348 g/mol. The fourth-order valence-electron chi connectivity index (χ4n) is 3.89. The summed E-state index contributed by atoms with van der Waals surface area (Å²) in [4.78, 5) is 26.3. The number of aromatic nitrogens is 2. The minimum Gasteiger partial charge on any atom is -0.323 e. The van der Waals surface area contributed by atoms with E-state index >= 15 is 0 Å². The average Bonchev–Trinajstić information content (AvgIpc) is 3.04. The molecule has 0 N–H and O–H groups in total. The maximum absolute atomic E-state index is 13.2. The zero-order chi connectivity index (χ0) is 19.7. The van der Waals surface area contributed by atoms with E-state index in [0.29, 0.717) is 18.1 Å². The van der Waals surface area contributed by atoms with Crippen molar-refractivity contribution in [2.75, 3.05) is 16.3 Å². The first-order valence-electron chi connectivity index (χ1n) is 9.68. The number of amides is 1. The molecule has 0 saturated carbocycles. The molecule has 1 amide bonds. The highest BCUT2D eigenvalue weighted by molar-refractivity contribution is 6.05. The predicted molar refractivity (Wildman–Crippen MR) is 112 cm³/mol. The van der Waals surface area contributed by atoms with E-state index in [1.54, 1.807) is 4.90 Å². The molecular formula is C23H24N4O. The summed E-state index contributed by atoms with van der Waals surface area (Å²) in [6.45, 7) is 6.57. The van der Waals surface area contributed by atoms with Crippen LogP contribution in [0.2, 0.25) is 0 Å². The molecule has 0 spiro atoms. The van der Waals surface area contributed by atoms with E-state index in [1.165, 1.54) is 5.56 Å². The molecule has 1 atom stereocenters. The SMILES string of the molecule is CCN(C(=O)c1cc(N2c3ccccc3CC2C)nc(C)n1)c1ccccc1. The van der Waals surface area contributed by atoms with E-state index < -0.39 is 0 Å². The van der Waals surface area contributed by atoms with Crippen LogP contribution in [0.1, 0.15) is 35.7 Å². The van der Waals surface area contributed by atoms with Crippen LogP contribution in [0.25, 0.3) is 0 Å². The summed E-state index contributed by atoms with van der Waals surface area (Å²) in [5.41, 5.74) is 3.75. The molecule has 142 valence electrons. The van der Waals surface area contributed by atoms with Crippen molar-refractivity contribution in [2.24, 2.45) is 0 Å². The molecule has 1 unspecified atom stereocenters. The normalized spacial score (nSPS) is 15.4. The van der Waals surface area contributed by atoms with Crippen LogP contribution < -0.4 is 9.80 Å².